The summed E-state index contributed by atoms with van der Waals surface area (Å²) in [6, 6.07) is 12.1. The minimum absolute atomic E-state index is 0.346. The number of carbonyl (C=O) groups excluding carboxylic acids is 1. The molecule has 0 amide bonds. The minimum atomic E-state index is 0.346. The van der Waals surface area contributed by atoms with Crippen LogP contribution in [0.4, 0.5) is 0 Å². The van der Waals surface area contributed by atoms with Crippen LogP contribution in [0.15, 0.2) is 72.7 Å². The Morgan fingerprint density at radius 3 is 2.77 bits per heavy atom. The lowest BCUT2D eigenvalue weighted by Gasteiger charge is -2.36. The monoisotopic (exact) mass is 519 g/mol. The van der Waals surface area contributed by atoms with Gasteiger partial charge < -0.3 is 9.80 Å². The van der Waals surface area contributed by atoms with E-state index in [9.17, 15) is 4.79 Å². The van der Waals surface area contributed by atoms with Gasteiger partial charge in [0.25, 0.3) is 0 Å². The predicted octanol–water partition coefficient (Wildman–Crippen LogP) is 7.57. The normalized spacial score (nSPS) is 24.5. The Labute approximate surface area is 233 Å². The zero-order valence-electron chi connectivity index (χ0n) is 23.5. The molecule has 202 valence electrons. The van der Waals surface area contributed by atoms with E-state index in [0.29, 0.717) is 12.2 Å². The largest absolute Gasteiger partial charge is 0.348 e. The number of allylic oxidation sites excluding steroid dienone is 4. The van der Waals surface area contributed by atoms with E-state index in [1.54, 1.807) is 0 Å². The molecule has 2 fully saturated rings. The van der Waals surface area contributed by atoms with Crippen LogP contribution in [0.5, 0.6) is 0 Å². The average Bonchev–Trinajstić information content (AvgIpc) is 3.16. The Bertz CT molecular complexity index is 1350. The lowest BCUT2D eigenvalue weighted by molar-refractivity contribution is -0.116. The van der Waals surface area contributed by atoms with E-state index in [2.05, 4.69) is 73.0 Å². The molecule has 5 heterocycles. The molecule has 2 aromatic rings. The molecule has 1 aromatic carbocycles. The molecular weight excluding hydrogens is 478 g/mol. The van der Waals surface area contributed by atoms with Crippen molar-refractivity contribution >= 4 is 17.4 Å². The lowest BCUT2D eigenvalue weighted by Crippen LogP contribution is -2.39. The highest BCUT2D eigenvalue weighted by atomic mass is 16.1. The van der Waals surface area contributed by atoms with Crippen molar-refractivity contribution in [2.24, 2.45) is 5.92 Å². The number of piperidine rings is 1. The Hall–Kier alpha value is -3.24. The molecule has 6 rings (SSSR count). The molecule has 2 saturated heterocycles. The molecule has 4 aliphatic rings. The summed E-state index contributed by atoms with van der Waals surface area (Å²) >= 11 is 0. The summed E-state index contributed by atoms with van der Waals surface area (Å²) in [5.74, 6) is 1.14. The zero-order chi connectivity index (χ0) is 26.9. The Morgan fingerprint density at radius 1 is 1.18 bits per heavy atom. The standard InChI is InChI=1S/C35H41N3O/c1-4-26-12-13-28(20-24(26)2)35-31(9-6-17-36-35)27-16-19-38-18-7-10-32(33(38)23-27)34(39)11-5-8-25-21-29-14-15-30(22-25)37(29)3/h4,6,9,12-13,16-17,19-20,23,25,29-30H,1,5,7-8,10-11,14-15,18,21-22H2,2-3H3. The fourth-order valence-corrected chi connectivity index (χ4v) is 7.37. The van der Waals surface area contributed by atoms with E-state index in [1.165, 1.54) is 37.7 Å². The fourth-order valence-electron chi connectivity index (χ4n) is 7.37. The van der Waals surface area contributed by atoms with Gasteiger partial charge >= 0.3 is 0 Å². The number of hydrogen-bond acceptors (Lipinski definition) is 4. The SMILES string of the molecule is C=Cc1ccc(-c2ncccc2C2=CC3=C(C(=O)CCCC4CC5CCC(C4)N5C)CCCN3C=C2)cc1C. The number of carbonyl (C=O) groups is 1. The van der Waals surface area contributed by atoms with E-state index in [0.717, 1.165) is 83.0 Å². The van der Waals surface area contributed by atoms with Crippen LogP contribution in [-0.2, 0) is 4.79 Å². The van der Waals surface area contributed by atoms with Crippen LogP contribution in [0.1, 0.15) is 74.5 Å². The van der Waals surface area contributed by atoms with E-state index < -0.39 is 0 Å². The molecule has 4 nitrogen and oxygen atoms in total. The number of ketones is 1. The van der Waals surface area contributed by atoms with Gasteiger partial charge in [-0.05, 0) is 112 Å². The summed E-state index contributed by atoms with van der Waals surface area (Å²) in [6.45, 7) is 7.00. The third-order valence-electron chi connectivity index (χ3n) is 9.60. The molecule has 1 aromatic heterocycles. The van der Waals surface area contributed by atoms with Gasteiger partial charge in [0.1, 0.15) is 0 Å². The van der Waals surface area contributed by atoms with Crippen LogP contribution in [0, 0.1) is 12.8 Å². The Kier molecular flexibility index (Phi) is 7.40. The first kappa shape index (κ1) is 26.0. The van der Waals surface area contributed by atoms with Crippen LogP contribution in [-0.4, -0.2) is 46.2 Å². The number of Topliss-reactive ketones (excluding diaryl/α,β-unsaturated/α-hetero) is 1. The van der Waals surface area contributed by atoms with Crippen molar-refractivity contribution in [2.75, 3.05) is 13.6 Å². The molecule has 0 aliphatic carbocycles. The van der Waals surface area contributed by atoms with Crippen molar-refractivity contribution in [3.8, 4) is 11.3 Å². The quantitative estimate of drug-likeness (QED) is 0.360. The second-order valence-electron chi connectivity index (χ2n) is 12.0. The first-order chi connectivity index (χ1) is 19.0. The van der Waals surface area contributed by atoms with E-state index in [-0.39, 0.29) is 0 Å². The fraction of sp³-hybridized carbons (Fsp3) is 0.429. The van der Waals surface area contributed by atoms with Crippen LogP contribution >= 0.6 is 0 Å². The molecule has 2 unspecified atom stereocenters. The van der Waals surface area contributed by atoms with Gasteiger partial charge in [0.05, 0.1) is 5.69 Å². The van der Waals surface area contributed by atoms with Gasteiger partial charge in [-0.3, -0.25) is 9.78 Å². The maximum Gasteiger partial charge on any atom is 0.160 e. The van der Waals surface area contributed by atoms with Crippen LogP contribution in [0.2, 0.25) is 0 Å². The summed E-state index contributed by atoms with van der Waals surface area (Å²) in [4.78, 5) is 23.2. The number of benzene rings is 1. The molecule has 0 N–H and O–H groups in total. The second kappa shape index (κ2) is 11.1. The van der Waals surface area contributed by atoms with Crippen LogP contribution < -0.4 is 0 Å². The van der Waals surface area contributed by atoms with Crippen molar-refractivity contribution in [3.63, 3.8) is 0 Å². The highest BCUT2D eigenvalue weighted by Gasteiger charge is 2.38. The lowest BCUT2D eigenvalue weighted by atomic mass is 9.86. The van der Waals surface area contributed by atoms with Gasteiger partial charge in [-0.15, -0.1) is 0 Å². The highest BCUT2D eigenvalue weighted by molar-refractivity contribution is 5.98. The highest BCUT2D eigenvalue weighted by Crippen LogP contribution is 2.40. The molecule has 4 heteroatoms. The maximum absolute atomic E-state index is 13.6. The van der Waals surface area contributed by atoms with Gasteiger partial charge in [-0.2, -0.15) is 0 Å². The molecule has 2 bridgehead atoms. The molecule has 4 aliphatic heterocycles. The summed E-state index contributed by atoms with van der Waals surface area (Å²) in [5, 5.41) is 0. The maximum atomic E-state index is 13.6. The number of nitrogens with zero attached hydrogens (tertiary/aromatic N) is 3. The van der Waals surface area contributed by atoms with Crippen molar-refractivity contribution in [1.82, 2.24) is 14.8 Å². The molecule has 39 heavy (non-hydrogen) atoms. The number of aromatic nitrogens is 1. The van der Waals surface area contributed by atoms with E-state index in [1.807, 2.05) is 18.3 Å². The average molecular weight is 520 g/mol. The number of fused-ring (bicyclic) bond motifs is 3. The van der Waals surface area contributed by atoms with Gasteiger partial charge in [-0.25, -0.2) is 0 Å². The first-order valence-corrected chi connectivity index (χ1v) is 14.9. The molecular formula is C35H41N3O. The number of pyridine rings is 1. The summed E-state index contributed by atoms with van der Waals surface area (Å²) < 4.78 is 0. The van der Waals surface area contributed by atoms with Gasteiger partial charge in [0, 0.05) is 59.8 Å². The topological polar surface area (TPSA) is 36.4 Å². The second-order valence-corrected chi connectivity index (χ2v) is 12.0. The molecule has 0 saturated carbocycles. The summed E-state index contributed by atoms with van der Waals surface area (Å²) in [5.41, 5.74) is 8.72. The molecule has 0 radical (unpaired) electrons. The van der Waals surface area contributed by atoms with Gasteiger partial charge in [0.15, 0.2) is 5.78 Å². The Balaban J connectivity index is 1.21. The van der Waals surface area contributed by atoms with Crippen molar-refractivity contribution in [3.05, 3.63) is 89.4 Å². The molecule has 0 spiro atoms. The minimum Gasteiger partial charge on any atom is -0.348 e. The van der Waals surface area contributed by atoms with Crippen molar-refractivity contribution < 1.29 is 4.79 Å². The van der Waals surface area contributed by atoms with Gasteiger partial charge in [0.2, 0.25) is 0 Å². The first-order valence-electron chi connectivity index (χ1n) is 14.9. The van der Waals surface area contributed by atoms with Crippen LogP contribution in [0.25, 0.3) is 22.9 Å². The van der Waals surface area contributed by atoms with E-state index in [4.69, 9.17) is 4.98 Å². The summed E-state index contributed by atoms with van der Waals surface area (Å²) in [6.07, 6.45) is 20.5. The van der Waals surface area contributed by atoms with Crippen LogP contribution in [0.3, 0.4) is 0 Å². The smallest absolute Gasteiger partial charge is 0.160 e. The predicted molar refractivity (Wildman–Crippen MR) is 161 cm³/mol. The number of hydrogen-bond donors (Lipinski definition) is 0. The summed E-state index contributed by atoms with van der Waals surface area (Å²) in [7, 11) is 2.30. The van der Waals surface area contributed by atoms with Crippen molar-refractivity contribution in [1.29, 1.82) is 0 Å². The zero-order valence-corrected chi connectivity index (χ0v) is 23.5. The van der Waals surface area contributed by atoms with Crippen molar-refractivity contribution in [2.45, 2.75) is 76.8 Å². The third kappa shape index (κ3) is 5.19. The number of aryl methyl sites for hydroxylation is 1. The van der Waals surface area contributed by atoms with E-state index >= 15 is 0 Å². The Morgan fingerprint density at radius 2 is 2.00 bits per heavy atom. The van der Waals surface area contributed by atoms with Gasteiger partial charge in [-0.1, -0.05) is 30.9 Å². The third-order valence-corrected chi connectivity index (χ3v) is 9.60. The number of rotatable bonds is 8. The molecule has 2 atom stereocenters.